The van der Waals surface area contributed by atoms with E-state index >= 15 is 0 Å². The molecule has 1 atom stereocenters. The van der Waals surface area contributed by atoms with Crippen molar-refractivity contribution in [1.82, 2.24) is 34.5 Å². The molecule has 0 spiro atoms. The second-order valence-corrected chi connectivity index (χ2v) is 15.0. The predicted molar refractivity (Wildman–Crippen MR) is 205 cm³/mol. The second kappa shape index (κ2) is 18.7. The van der Waals surface area contributed by atoms with Gasteiger partial charge in [-0.15, -0.1) is 0 Å². The zero-order valence-electron chi connectivity index (χ0n) is 31.3. The number of alkyl carbamates (subject to hydrolysis) is 1. The number of aromatic nitrogens is 4. The van der Waals surface area contributed by atoms with Gasteiger partial charge in [0.05, 0.1) is 11.2 Å². The third-order valence-corrected chi connectivity index (χ3v) is 9.08. The minimum Gasteiger partial charge on any atom is -0.480 e. The number of amides is 3. The number of carboxylic acids is 1. The number of carbonyl (C=O) groups is 4. The first kappa shape index (κ1) is 42.2. The van der Waals surface area contributed by atoms with Crippen LogP contribution in [0.3, 0.4) is 0 Å². The smallest absolute Gasteiger partial charge is 0.413 e. The molecule has 21 heteroatoms. The molecule has 0 aliphatic heterocycles. The average molecular weight is 796 g/mol. The van der Waals surface area contributed by atoms with Crippen molar-refractivity contribution in [2.45, 2.75) is 70.2 Å². The topological polar surface area (TPSA) is 288 Å². The standard InChI is InChI=1S/C35H45N11O9S/c1-22-12-14-24(15-13-22)56(52,53)44-31(36)38-16-8-11-25(30(48)49)46(18-17-39-33(50)55-35(2,3)4)26(47)19-45-21-40-27-28(41-32(37)43-29(27)45)42-34(51)54-20-23-9-6-5-7-10-23/h5-7,9-10,12-15,21,25H,8,11,16-20H2,1-4H3,(H,39,50)(H,48,49)(H3,36,38,44)(H3,37,41,42,43,51)/t25-/m0/s1. The molecule has 0 saturated carbocycles. The fourth-order valence-corrected chi connectivity index (χ4v) is 6.10. The van der Waals surface area contributed by atoms with Gasteiger partial charge in [0.25, 0.3) is 10.0 Å². The molecule has 3 amide bonds. The van der Waals surface area contributed by atoms with Crippen molar-refractivity contribution >= 4 is 63.0 Å². The van der Waals surface area contributed by atoms with Crippen LogP contribution in [0.4, 0.5) is 21.4 Å². The van der Waals surface area contributed by atoms with Crippen LogP contribution in [0.25, 0.3) is 11.2 Å². The molecule has 0 radical (unpaired) electrons. The highest BCUT2D eigenvalue weighted by atomic mass is 32.2. The molecule has 2 aromatic carbocycles. The van der Waals surface area contributed by atoms with Gasteiger partial charge in [-0.3, -0.25) is 15.1 Å². The molecular formula is C35H45N11O9S. The fourth-order valence-electron chi connectivity index (χ4n) is 5.15. The number of rotatable bonds is 16. The molecule has 0 aliphatic rings. The molecule has 20 nitrogen and oxygen atoms in total. The minimum absolute atomic E-state index is 0.0185. The van der Waals surface area contributed by atoms with Crippen molar-refractivity contribution in [3.63, 3.8) is 0 Å². The highest BCUT2D eigenvalue weighted by Gasteiger charge is 2.30. The van der Waals surface area contributed by atoms with E-state index in [1.54, 1.807) is 57.2 Å². The number of anilines is 2. The van der Waals surface area contributed by atoms with E-state index in [1.807, 2.05) is 13.0 Å². The van der Waals surface area contributed by atoms with Gasteiger partial charge in [0.2, 0.25) is 17.8 Å². The maximum absolute atomic E-state index is 13.9. The van der Waals surface area contributed by atoms with E-state index in [0.29, 0.717) is 0 Å². The first-order chi connectivity index (χ1) is 26.4. The van der Waals surface area contributed by atoms with E-state index in [-0.39, 0.29) is 66.9 Å². The van der Waals surface area contributed by atoms with Gasteiger partial charge in [0, 0.05) is 19.6 Å². The van der Waals surface area contributed by atoms with E-state index in [0.717, 1.165) is 16.0 Å². The minimum atomic E-state index is -4.01. The number of benzene rings is 2. The Morgan fingerprint density at radius 2 is 1.73 bits per heavy atom. The number of carboxylic acid groups (broad SMARTS) is 1. The summed E-state index contributed by atoms with van der Waals surface area (Å²) in [4.78, 5) is 69.0. The van der Waals surface area contributed by atoms with Gasteiger partial charge >= 0.3 is 18.2 Å². The number of nitrogens with zero attached hydrogens (tertiary/aromatic N) is 6. The fraction of sp³-hybridized carbons (Fsp3) is 0.371. The second-order valence-electron chi connectivity index (χ2n) is 13.4. The van der Waals surface area contributed by atoms with E-state index in [1.165, 1.54) is 23.0 Å². The number of imidazole rings is 1. The molecule has 0 unspecified atom stereocenters. The lowest BCUT2D eigenvalue weighted by Gasteiger charge is -2.29. The molecular weight excluding hydrogens is 751 g/mol. The Hall–Kier alpha value is -6.51. The molecule has 0 bridgehead atoms. The summed E-state index contributed by atoms with van der Waals surface area (Å²) in [5.74, 6) is -2.80. The summed E-state index contributed by atoms with van der Waals surface area (Å²) in [6.07, 6.45) is -0.431. The Balaban J connectivity index is 1.49. The maximum Gasteiger partial charge on any atom is 0.413 e. The highest BCUT2D eigenvalue weighted by molar-refractivity contribution is 7.90. The zero-order valence-corrected chi connectivity index (χ0v) is 32.1. The summed E-state index contributed by atoms with van der Waals surface area (Å²) < 4.78 is 39.3. The Morgan fingerprint density at radius 1 is 1.04 bits per heavy atom. The van der Waals surface area contributed by atoms with Crippen LogP contribution in [0.15, 0.2) is 70.8 Å². The van der Waals surface area contributed by atoms with Crippen molar-refractivity contribution in [3.05, 3.63) is 72.1 Å². The van der Waals surface area contributed by atoms with Crippen LogP contribution in [0.2, 0.25) is 0 Å². The lowest BCUT2D eigenvalue weighted by molar-refractivity contribution is -0.150. The van der Waals surface area contributed by atoms with Gasteiger partial charge < -0.3 is 40.8 Å². The summed E-state index contributed by atoms with van der Waals surface area (Å²) in [6, 6.07) is 13.6. The molecule has 0 fully saturated rings. The molecule has 0 saturated heterocycles. The zero-order chi connectivity index (χ0) is 41.0. The lowest BCUT2D eigenvalue weighted by atomic mass is 10.1. The van der Waals surface area contributed by atoms with E-state index in [4.69, 9.17) is 20.9 Å². The third kappa shape index (κ3) is 12.5. The number of aliphatic imine (C=N–C) groups is 1. The van der Waals surface area contributed by atoms with Gasteiger partial charge in [-0.1, -0.05) is 48.0 Å². The van der Waals surface area contributed by atoms with Crippen LogP contribution in [0.5, 0.6) is 0 Å². The number of nitrogen functional groups attached to an aromatic ring is 1. The number of nitrogens with two attached hydrogens (primary N) is 2. The average Bonchev–Trinajstić information content (AvgIpc) is 3.51. The third-order valence-electron chi connectivity index (χ3n) is 7.71. The number of nitrogens with one attached hydrogen (secondary N) is 3. The van der Waals surface area contributed by atoms with Gasteiger partial charge in [-0.2, -0.15) is 9.97 Å². The quantitative estimate of drug-likeness (QED) is 0.0539. The molecule has 0 aliphatic carbocycles. The number of carbonyl (C=O) groups excluding carboxylic acids is 3. The largest absolute Gasteiger partial charge is 0.480 e. The number of hydrogen-bond donors (Lipinski definition) is 6. The Labute approximate surface area is 322 Å². The summed E-state index contributed by atoms with van der Waals surface area (Å²) in [7, 11) is -4.01. The van der Waals surface area contributed by atoms with Gasteiger partial charge in [0.1, 0.15) is 24.8 Å². The number of fused-ring (bicyclic) bond motifs is 1. The SMILES string of the molecule is Cc1ccc(S(=O)(=O)NC(N)=NCCC[C@@H](C(=O)O)N(CCNC(=O)OC(C)(C)C)C(=O)Cn2cnc3c(NC(=O)OCc4ccccc4)nc(N)nc32)cc1. The van der Waals surface area contributed by atoms with Crippen LogP contribution < -0.4 is 26.8 Å². The van der Waals surface area contributed by atoms with Crippen molar-refractivity contribution in [2.75, 3.05) is 30.7 Å². The van der Waals surface area contributed by atoms with Crippen LogP contribution >= 0.6 is 0 Å². The predicted octanol–water partition coefficient (Wildman–Crippen LogP) is 2.35. The molecule has 8 N–H and O–H groups in total. The Morgan fingerprint density at radius 3 is 2.39 bits per heavy atom. The monoisotopic (exact) mass is 795 g/mol. The molecule has 2 heterocycles. The lowest BCUT2D eigenvalue weighted by Crippen LogP contribution is -2.49. The Bertz CT molecular complexity index is 2150. The highest BCUT2D eigenvalue weighted by Crippen LogP contribution is 2.21. The summed E-state index contributed by atoms with van der Waals surface area (Å²) >= 11 is 0. The van der Waals surface area contributed by atoms with Crippen molar-refractivity contribution in [1.29, 1.82) is 0 Å². The number of ether oxygens (including phenoxy) is 2. The Kier molecular flexibility index (Phi) is 14.1. The molecule has 4 rings (SSSR count). The number of aryl methyl sites for hydroxylation is 1. The van der Waals surface area contributed by atoms with Crippen LogP contribution in [0.1, 0.15) is 44.7 Å². The van der Waals surface area contributed by atoms with E-state index < -0.39 is 58.2 Å². The summed E-state index contributed by atoms with van der Waals surface area (Å²) in [5, 5.41) is 15.3. The van der Waals surface area contributed by atoms with E-state index in [9.17, 15) is 32.7 Å². The van der Waals surface area contributed by atoms with Crippen molar-refractivity contribution < 1.29 is 42.2 Å². The first-order valence-electron chi connectivity index (χ1n) is 17.3. The van der Waals surface area contributed by atoms with E-state index in [2.05, 4.69) is 35.3 Å². The number of sulfonamides is 1. The maximum atomic E-state index is 13.9. The van der Waals surface area contributed by atoms with Crippen molar-refractivity contribution in [2.24, 2.45) is 10.7 Å². The number of aliphatic carboxylic acids is 1. The van der Waals surface area contributed by atoms with Gasteiger partial charge in [0.15, 0.2) is 17.0 Å². The number of hydrogen-bond acceptors (Lipinski definition) is 13. The molecule has 56 heavy (non-hydrogen) atoms. The molecule has 2 aromatic heterocycles. The van der Waals surface area contributed by atoms with Crippen LogP contribution in [0, 0.1) is 6.92 Å². The van der Waals surface area contributed by atoms with Gasteiger partial charge in [-0.25, -0.2) is 32.5 Å². The first-order valence-corrected chi connectivity index (χ1v) is 18.7. The van der Waals surface area contributed by atoms with Crippen molar-refractivity contribution in [3.8, 4) is 0 Å². The molecule has 4 aromatic rings. The van der Waals surface area contributed by atoms with Crippen LogP contribution in [-0.2, 0) is 42.2 Å². The summed E-state index contributed by atoms with van der Waals surface area (Å²) in [5.41, 5.74) is 12.7. The number of guanidine groups is 1. The van der Waals surface area contributed by atoms with Crippen LogP contribution in [-0.4, -0.2) is 99.2 Å². The van der Waals surface area contributed by atoms with Gasteiger partial charge in [-0.05, 0) is 58.2 Å². The molecule has 300 valence electrons. The normalized spacial score (nSPS) is 12.4. The summed E-state index contributed by atoms with van der Waals surface area (Å²) in [6.45, 7) is 5.82.